The van der Waals surface area contributed by atoms with E-state index in [1.54, 1.807) is 27.8 Å². The molecule has 0 saturated heterocycles. The van der Waals surface area contributed by atoms with Gasteiger partial charge in [0.2, 0.25) is 0 Å². The van der Waals surface area contributed by atoms with E-state index in [2.05, 4.69) is 0 Å². The minimum atomic E-state index is -0.164. The molecular formula is C24H28N2O4. The van der Waals surface area contributed by atoms with Crippen LogP contribution >= 0.6 is 0 Å². The largest absolute Gasteiger partial charge is 0.493 e. The van der Waals surface area contributed by atoms with E-state index in [1.165, 1.54) is 14.2 Å². The van der Waals surface area contributed by atoms with Crippen LogP contribution in [0.3, 0.4) is 0 Å². The van der Waals surface area contributed by atoms with Crippen LogP contribution in [0, 0.1) is 6.92 Å². The average Bonchev–Trinajstić information content (AvgIpc) is 2.77. The molecule has 0 aliphatic rings. The van der Waals surface area contributed by atoms with Crippen molar-refractivity contribution in [1.82, 2.24) is 4.57 Å². The number of anilines is 1. The van der Waals surface area contributed by atoms with Crippen molar-refractivity contribution in [3.05, 3.63) is 64.1 Å². The number of aromatic nitrogens is 1. The lowest BCUT2D eigenvalue weighted by Gasteiger charge is -2.25. The molecule has 0 N–H and O–H groups in total. The lowest BCUT2D eigenvalue weighted by atomic mass is 10.0. The first-order valence-corrected chi connectivity index (χ1v) is 10.1. The van der Waals surface area contributed by atoms with E-state index in [4.69, 9.17) is 9.47 Å². The predicted molar refractivity (Wildman–Crippen MR) is 120 cm³/mol. The van der Waals surface area contributed by atoms with E-state index in [0.717, 1.165) is 17.7 Å². The Labute approximate surface area is 176 Å². The maximum Gasteiger partial charge on any atom is 0.260 e. The summed E-state index contributed by atoms with van der Waals surface area (Å²) in [7, 11) is 3.06. The zero-order valence-corrected chi connectivity index (χ0v) is 18.2. The Bertz CT molecular complexity index is 1130. The molecule has 0 aliphatic carbocycles. The van der Waals surface area contributed by atoms with E-state index < -0.39 is 0 Å². The molecule has 158 valence electrons. The van der Waals surface area contributed by atoms with Gasteiger partial charge < -0.3 is 18.9 Å². The van der Waals surface area contributed by atoms with Gasteiger partial charge in [0.1, 0.15) is 0 Å². The highest BCUT2D eigenvalue weighted by molar-refractivity contribution is 6.14. The van der Waals surface area contributed by atoms with E-state index in [0.29, 0.717) is 40.9 Å². The van der Waals surface area contributed by atoms with E-state index >= 15 is 0 Å². The first-order chi connectivity index (χ1) is 14.5. The second kappa shape index (κ2) is 9.03. The van der Waals surface area contributed by atoms with Gasteiger partial charge in [0, 0.05) is 30.4 Å². The molecule has 30 heavy (non-hydrogen) atoms. The molecule has 0 aliphatic heterocycles. The number of para-hydroxylation sites is 1. The number of pyridine rings is 1. The SMILES string of the molecule is CCCN(C(=O)c1cn(CC)c(=O)c2cc(OC)c(OC)cc12)c1ccccc1C. The third kappa shape index (κ3) is 3.77. The number of carbonyl (C=O) groups is 1. The molecule has 0 radical (unpaired) electrons. The van der Waals surface area contributed by atoms with Gasteiger partial charge in [0.05, 0.1) is 25.2 Å². The molecule has 6 nitrogen and oxygen atoms in total. The minimum Gasteiger partial charge on any atom is -0.493 e. The molecule has 6 heteroatoms. The zero-order chi connectivity index (χ0) is 21.8. The number of hydrogen-bond acceptors (Lipinski definition) is 4. The van der Waals surface area contributed by atoms with Crippen LogP contribution in [0.2, 0.25) is 0 Å². The van der Waals surface area contributed by atoms with Crippen molar-refractivity contribution in [2.75, 3.05) is 25.7 Å². The summed E-state index contributed by atoms with van der Waals surface area (Å²) in [4.78, 5) is 28.5. The van der Waals surface area contributed by atoms with Gasteiger partial charge in [-0.1, -0.05) is 25.1 Å². The Morgan fingerprint density at radius 2 is 1.67 bits per heavy atom. The van der Waals surface area contributed by atoms with Crippen LogP contribution in [0.5, 0.6) is 11.5 Å². The fourth-order valence-electron chi connectivity index (χ4n) is 3.69. The molecule has 0 spiro atoms. The standard InChI is InChI=1S/C24H28N2O4/c1-6-12-26(20-11-9-8-10-16(20)3)24(28)19-15-25(7-2)23(27)18-14-22(30-5)21(29-4)13-17(18)19/h8-11,13-15H,6-7,12H2,1-5H3. The average molecular weight is 408 g/mol. The van der Waals surface area contributed by atoms with E-state index in [-0.39, 0.29) is 11.5 Å². The maximum atomic E-state index is 13.8. The van der Waals surface area contributed by atoms with Gasteiger partial charge in [-0.2, -0.15) is 0 Å². The summed E-state index contributed by atoms with van der Waals surface area (Å²) in [5, 5.41) is 0.989. The summed E-state index contributed by atoms with van der Waals surface area (Å²) in [6.45, 7) is 6.94. The van der Waals surface area contributed by atoms with Gasteiger partial charge in [-0.15, -0.1) is 0 Å². The number of aryl methyl sites for hydroxylation is 2. The number of methoxy groups -OCH3 is 2. The highest BCUT2D eigenvalue weighted by Crippen LogP contribution is 2.33. The zero-order valence-electron chi connectivity index (χ0n) is 18.2. The fraction of sp³-hybridized carbons (Fsp3) is 0.333. The Morgan fingerprint density at radius 3 is 2.23 bits per heavy atom. The molecule has 0 bridgehead atoms. The number of hydrogen-bond donors (Lipinski definition) is 0. The molecule has 0 unspecified atom stereocenters. The Kier molecular flexibility index (Phi) is 6.45. The molecule has 3 rings (SSSR count). The highest BCUT2D eigenvalue weighted by Gasteiger charge is 2.23. The summed E-state index contributed by atoms with van der Waals surface area (Å²) in [6.07, 6.45) is 2.46. The second-order valence-electron chi connectivity index (χ2n) is 7.13. The van der Waals surface area contributed by atoms with Crippen molar-refractivity contribution < 1.29 is 14.3 Å². The fourth-order valence-corrected chi connectivity index (χ4v) is 3.69. The minimum absolute atomic E-state index is 0.148. The number of benzene rings is 2. The summed E-state index contributed by atoms with van der Waals surface area (Å²) in [6, 6.07) is 11.2. The number of ether oxygens (including phenoxy) is 2. The Hall–Kier alpha value is -3.28. The van der Waals surface area contributed by atoms with Crippen molar-refractivity contribution in [3.63, 3.8) is 0 Å². The highest BCUT2D eigenvalue weighted by atomic mass is 16.5. The topological polar surface area (TPSA) is 60.8 Å². The number of carbonyl (C=O) groups excluding carboxylic acids is 1. The van der Waals surface area contributed by atoms with Crippen LogP contribution in [0.1, 0.15) is 36.2 Å². The smallest absolute Gasteiger partial charge is 0.260 e. The summed E-state index contributed by atoms with van der Waals surface area (Å²) >= 11 is 0. The lowest BCUT2D eigenvalue weighted by Crippen LogP contribution is -2.34. The molecular weight excluding hydrogens is 380 g/mol. The van der Waals surface area contributed by atoms with Gasteiger partial charge in [0.15, 0.2) is 11.5 Å². The molecule has 0 saturated carbocycles. The summed E-state index contributed by atoms with van der Waals surface area (Å²) in [5.74, 6) is 0.787. The van der Waals surface area contributed by atoms with Crippen LogP contribution in [-0.4, -0.2) is 31.2 Å². The maximum absolute atomic E-state index is 13.8. The monoisotopic (exact) mass is 408 g/mol. The van der Waals surface area contributed by atoms with Gasteiger partial charge in [-0.05, 0) is 44.0 Å². The van der Waals surface area contributed by atoms with Crippen molar-refractivity contribution in [2.24, 2.45) is 0 Å². The van der Waals surface area contributed by atoms with Crippen LogP contribution in [0.4, 0.5) is 5.69 Å². The Morgan fingerprint density at radius 1 is 1.03 bits per heavy atom. The lowest BCUT2D eigenvalue weighted by molar-refractivity contribution is 0.0987. The van der Waals surface area contributed by atoms with Crippen molar-refractivity contribution in [1.29, 1.82) is 0 Å². The predicted octanol–water partition coefficient (Wildman–Crippen LogP) is 4.40. The Balaban J connectivity index is 2.29. The molecule has 0 atom stereocenters. The van der Waals surface area contributed by atoms with Crippen molar-refractivity contribution in [2.45, 2.75) is 33.7 Å². The van der Waals surface area contributed by atoms with Crippen LogP contribution < -0.4 is 19.9 Å². The van der Waals surface area contributed by atoms with Gasteiger partial charge in [-0.3, -0.25) is 9.59 Å². The molecule has 2 aromatic carbocycles. The van der Waals surface area contributed by atoms with Crippen LogP contribution in [0.25, 0.3) is 10.8 Å². The van der Waals surface area contributed by atoms with E-state index in [1.807, 2.05) is 45.0 Å². The van der Waals surface area contributed by atoms with Gasteiger partial charge in [-0.25, -0.2) is 0 Å². The third-order valence-corrected chi connectivity index (χ3v) is 5.26. The number of rotatable bonds is 7. The van der Waals surface area contributed by atoms with Gasteiger partial charge >= 0.3 is 0 Å². The summed E-state index contributed by atoms with van der Waals surface area (Å²) in [5.41, 5.74) is 2.19. The first kappa shape index (κ1) is 21.4. The second-order valence-corrected chi connectivity index (χ2v) is 7.13. The summed E-state index contributed by atoms with van der Waals surface area (Å²) < 4.78 is 12.4. The normalized spacial score (nSPS) is 10.8. The molecule has 1 amide bonds. The number of fused-ring (bicyclic) bond motifs is 1. The molecule has 1 aromatic heterocycles. The van der Waals surface area contributed by atoms with Crippen molar-refractivity contribution in [3.8, 4) is 11.5 Å². The molecule has 1 heterocycles. The van der Waals surface area contributed by atoms with E-state index in [9.17, 15) is 9.59 Å². The first-order valence-electron chi connectivity index (χ1n) is 10.1. The number of amides is 1. The van der Waals surface area contributed by atoms with Gasteiger partial charge in [0.25, 0.3) is 11.5 Å². The van der Waals surface area contributed by atoms with Crippen LogP contribution in [0.15, 0.2) is 47.4 Å². The number of nitrogens with zero attached hydrogens (tertiary/aromatic N) is 2. The van der Waals surface area contributed by atoms with Crippen molar-refractivity contribution >= 4 is 22.4 Å². The third-order valence-electron chi connectivity index (χ3n) is 5.26. The van der Waals surface area contributed by atoms with Crippen LogP contribution in [-0.2, 0) is 6.54 Å². The quantitative estimate of drug-likeness (QED) is 0.581. The molecule has 3 aromatic rings. The molecule has 0 fully saturated rings.